The molecule has 5 N–H and O–H groups in total. The lowest BCUT2D eigenvalue weighted by molar-refractivity contribution is -0.137. The van der Waals surface area contributed by atoms with Crippen molar-refractivity contribution in [1.82, 2.24) is 24.5 Å². The average Bonchev–Trinajstić information content (AvgIpc) is 3.58. The summed E-state index contributed by atoms with van der Waals surface area (Å²) >= 11 is 0. The van der Waals surface area contributed by atoms with Crippen LogP contribution in [0.5, 0.6) is 0 Å². The van der Waals surface area contributed by atoms with Crippen LogP contribution < -0.4 is 22.3 Å². The molecule has 208 valence electrons. The molecule has 3 aromatic rings. The van der Waals surface area contributed by atoms with Gasteiger partial charge in [0.2, 0.25) is 11.9 Å². The summed E-state index contributed by atoms with van der Waals surface area (Å²) < 4.78 is 17.2. The second-order valence-corrected chi connectivity index (χ2v) is 9.18. The lowest BCUT2D eigenvalue weighted by Gasteiger charge is -2.15. The van der Waals surface area contributed by atoms with Gasteiger partial charge in [-0.15, -0.1) is 0 Å². The van der Waals surface area contributed by atoms with E-state index < -0.39 is 5.97 Å². The highest BCUT2D eigenvalue weighted by Gasteiger charge is 2.22. The minimum atomic E-state index is -0.399. The van der Waals surface area contributed by atoms with Gasteiger partial charge in [-0.2, -0.15) is 9.97 Å². The van der Waals surface area contributed by atoms with Gasteiger partial charge in [0, 0.05) is 36.3 Å². The molecule has 2 atom stereocenters. The fraction of sp³-hybridized carbons (Fsp3) is 0.462. The van der Waals surface area contributed by atoms with Crippen molar-refractivity contribution in [3.8, 4) is 0 Å². The minimum Gasteiger partial charge on any atom is -0.463 e. The Balaban J connectivity index is 0.000000183. The van der Waals surface area contributed by atoms with Crippen LogP contribution in [0.1, 0.15) is 42.8 Å². The number of esters is 1. The first-order chi connectivity index (χ1) is 18.8. The second kappa shape index (κ2) is 12.6. The van der Waals surface area contributed by atoms with Crippen LogP contribution in [0, 0.1) is 13.8 Å². The van der Waals surface area contributed by atoms with Gasteiger partial charge in [0.05, 0.1) is 43.3 Å². The Bertz CT molecular complexity index is 1410. The summed E-state index contributed by atoms with van der Waals surface area (Å²) in [5.41, 5.74) is 14.1. The highest BCUT2D eigenvalue weighted by Crippen LogP contribution is 2.23. The quantitative estimate of drug-likeness (QED) is 0.306. The topological polar surface area (TPSA) is 182 Å². The second-order valence-electron chi connectivity index (χ2n) is 9.18. The number of fused-ring (bicyclic) bond motifs is 1. The molecule has 2 saturated heterocycles. The number of nitrogens with one attached hydrogen (secondary N) is 1. The van der Waals surface area contributed by atoms with E-state index in [9.17, 15) is 9.59 Å². The van der Waals surface area contributed by atoms with Gasteiger partial charge in [0.25, 0.3) is 5.56 Å². The molecule has 2 aliphatic heterocycles. The number of pyridine rings is 1. The predicted octanol–water partition coefficient (Wildman–Crippen LogP) is 1.79. The third kappa shape index (κ3) is 6.86. The first-order valence-electron chi connectivity index (χ1n) is 12.8. The number of nitrogens with two attached hydrogens (primary N) is 2. The highest BCUT2D eigenvalue weighted by molar-refractivity contribution is 5.88. The molecule has 0 aliphatic carbocycles. The van der Waals surface area contributed by atoms with Crippen molar-refractivity contribution >= 4 is 40.8 Å². The molecule has 0 radical (unpaired) electrons. The maximum absolute atomic E-state index is 12.0. The number of nitrogen functional groups attached to an aromatic ring is 2. The van der Waals surface area contributed by atoms with Crippen LogP contribution in [0.2, 0.25) is 0 Å². The largest absolute Gasteiger partial charge is 0.463 e. The molecule has 0 spiro atoms. The molecule has 0 aromatic carbocycles. The van der Waals surface area contributed by atoms with E-state index in [1.807, 2.05) is 13.8 Å². The summed E-state index contributed by atoms with van der Waals surface area (Å²) in [5, 5.41) is 4.14. The predicted molar refractivity (Wildman–Crippen MR) is 147 cm³/mol. The van der Waals surface area contributed by atoms with Crippen LogP contribution in [-0.2, 0) is 19.0 Å². The molecule has 3 aromatic heterocycles. The van der Waals surface area contributed by atoms with Crippen LogP contribution in [0.3, 0.4) is 0 Å². The minimum absolute atomic E-state index is 0.0369. The van der Waals surface area contributed by atoms with Gasteiger partial charge < -0.3 is 31.0 Å². The fourth-order valence-electron chi connectivity index (χ4n) is 4.48. The van der Waals surface area contributed by atoms with Gasteiger partial charge in [-0.3, -0.25) is 9.36 Å². The smallest absolute Gasteiger partial charge is 0.330 e. The van der Waals surface area contributed by atoms with E-state index in [0.717, 1.165) is 36.1 Å². The SMILES string of the molecule is CCOC(=O)/C=C/c1c(C)nc(N)nc1NC1CCOC1.Cc1nc(N)nc2c1ccc(=O)n2C1CCOC1. The first-order valence-corrected chi connectivity index (χ1v) is 12.8. The standard InChI is InChI=1S/C14H20N4O3.C12H14N4O2/c1-3-21-12(19)5-4-11-9(2)16-14(15)18-13(11)17-10-6-7-20-8-10;1-7-9-2-3-10(17)16(8-4-5-18-6-8)11(9)15-12(13)14-7/h4-5,10H,3,6-8H2,1-2H3,(H3,15,16,17,18);2-3,8H,4-6H2,1H3,(H2,13,14,15)/b5-4+;. The number of hydrogen-bond donors (Lipinski definition) is 3. The lowest BCUT2D eigenvalue weighted by atomic mass is 10.1. The molecule has 5 rings (SSSR count). The zero-order valence-electron chi connectivity index (χ0n) is 22.3. The molecule has 5 heterocycles. The average molecular weight is 539 g/mol. The van der Waals surface area contributed by atoms with Gasteiger partial charge in [0.15, 0.2) is 0 Å². The number of ether oxygens (including phenoxy) is 3. The third-order valence-corrected chi connectivity index (χ3v) is 6.36. The molecule has 2 unspecified atom stereocenters. The Morgan fingerprint density at radius 1 is 1.08 bits per heavy atom. The Morgan fingerprint density at radius 2 is 1.79 bits per heavy atom. The Kier molecular flexibility index (Phi) is 9.04. The van der Waals surface area contributed by atoms with Gasteiger partial charge in [0.1, 0.15) is 11.5 Å². The van der Waals surface area contributed by atoms with Crippen molar-refractivity contribution in [3.63, 3.8) is 0 Å². The molecular weight excluding hydrogens is 504 g/mol. The van der Waals surface area contributed by atoms with Crippen LogP contribution in [-0.4, -0.2) is 69.5 Å². The third-order valence-electron chi connectivity index (χ3n) is 6.36. The van der Waals surface area contributed by atoms with Crippen LogP contribution in [0.25, 0.3) is 17.1 Å². The van der Waals surface area contributed by atoms with Crippen LogP contribution in [0.15, 0.2) is 23.0 Å². The van der Waals surface area contributed by atoms with Crippen molar-refractivity contribution in [2.45, 2.75) is 45.7 Å². The maximum Gasteiger partial charge on any atom is 0.330 e. The van der Waals surface area contributed by atoms with E-state index in [1.165, 1.54) is 6.08 Å². The van der Waals surface area contributed by atoms with Crippen molar-refractivity contribution in [1.29, 1.82) is 0 Å². The zero-order valence-corrected chi connectivity index (χ0v) is 22.3. The van der Waals surface area contributed by atoms with Gasteiger partial charge in [-0.1, -0.05) is 0 Å². The van der Waals surface area contributed by atoms with Gasteiger partial charge in [-0.25, -0.2) is 14.8 Å². The van der Waals surface area contributed by atoms with Crippen LogP contribution in [0.4, 0.5) is 17.7 Å². The normalized spacial score (nSPS) is 18.7. The number of aryl methyl sites for hydroxylation is 2. The zero-order chi connectivity index (χ0) is 27.9. The molecule has 0 amide bonds. The summed E-state index contributed by atoms with van der Waals surface area (Å²) in [6.07, 6.45) is 4.73. The molecule has 39 heavy (non-hydrogen) atoms. The fourth-order valence-corrected chi connectivity index (χ4v) is 4.48. The summed E-state index contributed by atoms with van der Waals surface area (Å²) in [7, 11) is 0. The molecule has 0 bridgehead atoms. The van der Waals surface area contributed by atoms with Crippen LogP contribution >= 0.6 is 0 Å². The Morgan fingerprint density at radius 3 is 2.49 bits per heavy atom. The monoisotopic (exact) mass is 538 g/mol. The molecule has 13 nitrogen and oxygen atoms in total. The molecule has 2 aliphatic rings. The lowest BCUT2D eigenvalue weighted by Crippen LogP contribution is -2.25. The number of nitrogens with zero attached hydrogens (tertiary/aromatic N) is 5. The van der Waals surface area contributed by atoms with Crippen molar-refractivity contribution < 1.29 is 19.0 Å². The number of rotatable bonds is 6. The van der Waals surface area contributed by atoms with Crippen molar-refractivity contribution in [2.24, 2.45) is 0 Å². The van der Waals surface area contributed by atoms with E-state index in [1.54, 1.807) is 29.7 Å². The van der Waals surface area contributed by atoms with Crippen molar-refractivity contribution in [3.05, 3.63) is 45.5 Å². The number of hydrogen-bond acceptors (Lipinski definition) is 12. The van der Waals surface area contributed by atoms with E-state index in [0.29, 0.717) is 43.6 Å². The molecular formula is C26H34N8O5. The summed E-state index contributed by atoms with van der Waals surface area (Å²) in [6, 6.07) is 3.52. The van der Waals surface area contributed by atoms with Gasteiger partial charge in [-0.05, 0) is 45.8 Å². The van der Waals surface area contributed by atoms with E-state index in [-0.39, 0.29) is 29.5 Å². The molecule has 2 fully saturated rings. The van der Waals surface area contributed by atoms with Gasteiger partial charge >= 0.3 is 5.97 Å². The summed E-state index contributed by atoms with van der Waals surface area (Å²) in [5.74, 6) is 0.598. The first kappa shape index (κ1) is 27.9. The maximum atomic E-state index is 12.0. The molecule has 0 saturated carbocycles. The number of anilines is 3. The Labute approximate surface area is 225 Å². The number of aromatic nitrogens is 5. The summed E-state index contributed by atoms with van der Waals surface area (Å²) in [4.78, 5) is 40.2. The van der Waals surface area contributed by atoms with E-state index >= 15 is 0 Å². The summed E-state index contributed by atoms with van der Waals surface area (Å²) in [6.45, 7) is 8.35. The van der Waals surface area contributed by atoms with Crippen molar-refractivity contribution in [2.75, 3.05) is 49.8 Å². The number of carbonyl (C=O) groups excluding carboxylic acids is 1. The Hall–Kier alpha value is -4.10. The van der Waals surface area contributed by atoms with E-state index in [4.69, 9.17) is 25.7 Å². The van der Waals surface area contributed by atoms with E-state index in [2.05, 4.69) is 25.3 Å². The number of carbonyl (C=O) groups is 1. The highest BCUT2D eigenvalue weighted by atomic mass is 16.5. The molecule has 13 heteroatoms.